The Morgan fingerprint density at radius 3 is 2.28 bits per heavy atom. The topological polar surface area (TPSA) is 85.9 Å². The smallest absolute Gasteiger partial charge is 0.158 e. The predicted octanol–water partition coefficient (Wildman–Crippen LogP) is 2.81. The monoisotopic (exact) mass is 388 g/mol. The number of benzene rings is 1. The summed E-state index contributed by atoms with van der Waals surface area (Å²) in [7, 11) is 0. The van der Waals surface area contributed by atoms with Gasteiger partial charge in [-0.3, -0.25) is 4.90 Å². The van der Waals surface area contributed by atoms with E-state index in [1.807, 2.05) is 16.8 Å². The van der Waals surface area contributed by atoms with Gasteiger partial charge in [-0.2, -0.15) is 5.26 Å². The van der Waals surface area contributed by atoms with E-state index in [0.29, 0.717) is 17.7 Å². The number of anilines is 3. The van der Waals surface area contributed by atoms with Crippen molar-refractivity contribution in [3.05, 3.63) is 54.9 Å². The van der Waals surface area contributed by atoms with E-state index in [0.717, 1.165) is 31.9 Å². The molecular weight excluding hydrogens is 364 g/mol. The van der Waals surface area contributed by atoms with Gasteiger partial charge in [0.05, 0.1) is 18.6 Å². The highest BCUT2D eigenvalue weighted by atomic mass is 15.3. The molecule has 0 unspecified atom stereocenters. The molecule has 1 aliphatic rings. The van der Waals surface area contributed by atoms with Crippen molar-refractivity contribution in [1.29, 1.82) is 5.26 Å². The molecule has 2 aromatic heterocycles. The standard InChI is InChI=1S/C21H24N8/c1-16(2)27-7-9-28(10-8-27)18-3-5-19(6-4-18)29-14-21(25-15-29)26-20-13-23-17(11-22)12-24-20/h3-6,12-16H,7-10H2,1-2H3,(H,24,26). The maximum Gasteiger partial charge on any atom is 0.158 e. The van der Waals surface area contributed by atoms with Crippen LogP contribution < -0.4 is 10.2 Å². The van der Waals surface area contributed by atoms with Gasteiger partial charge in [0.25, 0.3) is 0 Å². The van der Waals surface area contributed by atoms with Crippen LogP contribution in [0.15, 0.2) is 49.2 Å². The maximum absolute atomic E-state index is 8.79. The molecule has 29 heavy (non-hydrogen) atoms. The molecule has 0 saturated carbocycles. The fourth-order valence-corrected chi connectivity index (χ4v) is 3.44. The van der Waals surface area contributed by atoms with Crippen molar-refractivity contribution in [2.45, 2.75) is 19.9 Å². The molecule has 0 radical (unpaired) electrons. The Balaban J connectivity index is 1.40. The Morgan fingerprint density at radius 1 is 0.931 bits per heavy atom. The molecule has 0 bridgehead atoms. The van der Waals surface area contributed by atoms with Crippen LogP contribution in [-0.4, -0.2) is 56.6 Å². The summed E-state index contributed by atoms with van der Waals surface area (Å²) in [5, 5.41) is 11.9. The third-order valence-electron chi connectivity index (χ3n) is 5.16. The first-order valence-electron chi connectivity index (χ1n) is 9.75. The van der Waals surface area contributed by atoms with Crippen molar-refractivity contribution < 1.29 is 0 Å². The molecule has 3 heterocycles. The van der Waals surface area contributed by atoms with Crippen molar-refractivity contribution in [1.82, 2.24) is 24.4 Å². The van der Waals surface area contributed by atoms with E-state index in [-0.39, 0.29) is 5.69 Å². The molecule has 148 valence electrons. The molecule has 0 spiro atoms. The largest absolute Gasteiger partial charge is 0.369 e. The summed E-state index contributed by atoms with van der Waals surface area (Å²) in [6, 6.07) is 11.1. The van der Waals surface area contributed by atoms with Crippen molar-refractivity contribution in [2.75, 3.05) is 36.4 Å². The van der Waals surface area contributed by atoms with E-state index in [1.54, 1.807) is 6.33 Å². The van der Waals surface area contributed by atoms with Gasteiger partial charge < -0.3 is 14.8 Å². The van der Waals surface area contributed by atoms with Crippen molar-refractivity contribution >= 4 is 17.3 Å². The highest BCUT2D eigenvalue weighted by Gasteiger charge is 2.18. The summed E-state index contributed by atoms with van der Waals surface area (Å²) in [6.07, 6.45) is 6.61. The number of hydrogen-bond acceptors (Lipinski definition) is 7. The summed E-state index contributed by atoms with van der Waals surface area (Å²) >= 11 is 0. The Bertz CT molecular complexity index is 977. The van der Waals surface area contributed by atoms with Crippen molar-refractivity contribution in [3.8, 4) is 11.8 Å². The lowest BCUT2D eigenvalue weighted by molar-refractivity contribution is 0.209. The number of piperazine rings is 1. The minimum atomic E-state index is 0.284. The molecule has 1 saturated heterocycles. The SMILES string of the molecule is CC(C)N1CCN(c2ccc(-n3cnc(Nc4cnc(C#N)cn4)c3)cc2)CC1. The van der Waals surface area contributed by atoms with Gasteiger partial charge in [0.15, 0.2) is 5.69 Å². The quantitative estimate of drug-likeness (QED) is 0.719. The zero-order valence-electron chi connectivity index (χ0n) is 16.7. The molecule has 8 nitrogen and oxygen atoms in total. The number of nitriles is 1. The predicted molar refractivity (Wildman–Crippen MR) is 113 cm³/mol. The van der Waals surface area contributed by atoms with Gasteiger partial charge in [0, 0.05) is 43.6 Å². The van der Waals surface area contributed by atoms with E-state index in [4.69, 9.17) is 5.26 Å². The average molecular weight is 388 g/mol. The molecule has 1 N–H and O–H groups in total. The highest BCUT2D eigenvalue weighted by Crippen LogP contribution is 2.21. The molecule has 1 fully saturated rings. The second kappa shape index (κ2) is 8.29. The third kappa shape index (κ3) is 4.36. The van der Waals surface area contributed by atoms with Gasteiger partial charge >= 0.3 is 0 Å². The lowest BCUT2D eigenvalue weighted by atomic mass is 10.2. The minimum Gasteiger partial charge on any atom is -0.369 e. The molecule has 8 heteroatoms. The highest BCUT2D eigenvalue weighted by molar-refractivity contribution is 5.54. The summed E-state index contributed by atoms with van der Waals surface area (Å²) in [5.41, 5.74) is 2.58. The second-order valence-corrected chi connectivity index (χ2v) is 7.32. The Labute approximate surface area is 170 Å². The number of aromatic nitrogens is 4. The molecule has 4 rings (SSSR count). The van der Waals surface area contributed by atoms with E-state index >= 15 is 0 Å². The summed E-state index contributed by atoms with van der Waals surface area (Å²) in [5.74, 6) is 1.21. The van der Waals surface area contributed by atoms with E-state index < -0.39 is 0 Å². The zero-order valence-corrected chi connectivity index (χ0v) is 16.7. The van der Waals surface area contributed by atoms with Crippen molar-refractivity contribution in [2.24, 2.45) is 0 Å². The van der Waals surface area contributed by atoms with Crippen LogP contribution in [0.4, 0.5) is 17.3 Å². The number of nitrogens with zero attached hydrogens (tertiary/aromatic N) is 7. The van der Waals surface area contributed by atoms with Crippen LogP contribution in [0.25, 0.3) is 5.69 Å². The molecular formula is C21H24N8. The molecule has 0 aliphatic carbocycles. The van der Waals surface area contributed by atoms with Gasteiger partial charge in [-0.05, 0) is 38.1 Å². The second-order valence-electron chi connectivity index (χ2n) is 7.32. The lowest BCUT2D eigenvalue weighted by Crippen LogP contribution is -2.48. The van der Waals surface area contributed by atoms with Gasteiger partial charge in [0.2, 0.25) is 0 Å². The minimum absolute atomic E-state index is 0.284. The first-order valence-corrected chi connectivity index (χ1v) is 9.75. The first-order chi connectivity index (χ1) is 14.1. The van der Waals surface area contributed by atoms with Gasteiger partial charge in [0.1, 0.15) is 24.0 Å². The summed E-state index contributed by atoms with van der Waals surface area (Å²) in [4.78, 5) is 17.5. The fourth-order valence-electron chi connectivity index (χ4n) is 3.44. The van der Waals surface area contributed by atoms with Crippen molar-refractivity contribution in [3.63, 3.8) is 0 Å². The molecule has 1 aromatic carbocycles. The lowest BCUT2D eigenvalue weighted by Gasteiger charge is -2.38. The molecule has 1 aliphatic heterocycles. The average Bonchev–Trinajstić information content (AvgIpc) is 3.23. The Kier molecular flexibility index (Phi) is 5.40. The number of imidazole rings is 1. The Morgan fingerprint density at radius 2 is 1.66 bits per heavy atom. The molecule has 0 atom stereocenters. The van der Waals surface area contributed by atoms with Crippen LogP contribution in [0.2, 0.25) is 0 Å². The van der Waals surface area contributed by atoms with E-state index in [2.05, 4.69) is 68.2 Å². The zero-order chi connectivity index (χ0) is 20.2. The first kappa shape index (κ1) is 18.9. The van der Waals surface area contributed by atoms with Gasteiger partial charge in [-0.1, -0.05) is 0 Å². The normalized spacial score (nSPS) is 14.8. The van der Waals surface area contributed by atoms with Crippen LogP contribution in [-0.2, 0) is 0 Å². The third-order valence-corrected chi connectivity index (χ3v) is 5.16. The van der Waals surface area contributed by atoms with Gasteiger partial charge in [-0.15, -0.1) is 0 Å². The van der Waals surface area contributed by atoms with E-state index in [1.165, 1.54) is 18.1 Å². The Hall–Kier alpha value is -3.44. The van der Waals surface area contributed by atoms with Crippen LogP contribution in [0.3, 0.4) is 0 Å². The summed E-state index contributed by atoms with van der Waals surface area (Å²) in [6.45, 7) is 8.84. The maximum atomic E-state index is 8.79. The van der Waals surface area contributed by atoms with Crippen LogP contribution in [0, 0.1) is 11.3 Å². The van der Waals surface area contributed by atoms with Crippen LogP contribution in [0.5, 0.6) is 0 Å². The number of hydrogen-bond donors (Lipinski definition) is 1. The van der Waals surface area contributed by atoms with Crippen LogP contribution >= 0.6 is 0 Å². The van der Waals surface area contributed by atoms with E-state index in [9.17, 15) is 0 Å². The molecule has 0 amide bonds. The molecule has 3 aromatic rings. The summed E-state index contributed by atoms with van der Waals surface area (Å²) < 4.78 is 1.96. The fraction of sp³-hybridized carbons (Fsp3) is 0.333. The number of rotatable bonds is 5. The number of nitrogens with one attached hydrogen (secondary N) is 1. The van der Waals surface area contributed by atoms with Gasteiger partial charge in [-0.25, -0.2) is 15.0 Å². The van der Waals surface area contributed by atoms with Crippen LogP contribution in [0.1, 0.15) is 19.5 Å².